The maximum absolute atomic E-state index is 12.3. The summed E-state index contributed by atoms with van der Waals surface area (Å²) in [5, 5.41) is 11.0. The van der Waals surface area contributed by atoms with Crippen LogP contribution in [0.15, 0.2) is 12.1 Å². The highest BCUT2D eigenvalue weighted by atomic mass is 35.5. The molecule has 0 heterocycles. The maximum atomic E-state index is 12.3. The Balaban J connectivity index is 3.45. The molecule has 6 nitrogen and oxygen atoms in total. The third kappa shape index (κ3) is 3.77. The number of halogens is 3. The summed E-state index contributed by atoms with van der Waals surface area (Å²) in [6.07, 6.45) is 0. The second-order valence-corrected chi connectivity index (χ2v) is 3.75. The topological polar surface area (TPSA) is 78.7 Å². The fraction of sp³-hybridized carbons (Fsp3) is 0.364. The number of alkyl halides is 3. The van der Waals surface area contributed by atoms with Crippen LogP contribution in [0.5, 0.6) is 5.75 Å². The monoisotopic (exact) mass is 309 g/mol. The van der Waals surface area contributed by atoms with E-state index >= 15 is 0 Å². The Morgan fingerprint density at radius 3 is 2.60 bits per heavy atom. The van der Waals surface area contributed by atoms with Crippen molar-refractivity contribution in [1.82, 2.24) is 0 Å². The van der Waals surface area contributed by atoms with E-state index in [0.717, 1.165) is 12.1 Å². The molecule has 0 aliphatic heterocycles. The molecule has 20 heavy (non-hydrogen) atoms. The number of benzene rings is 1. The Hall–Kier alpha value is -1.96. The minimum Gasteiger partial charge on any atom is -0.462 e. The lowest BCUT2D eigenvalue weighted by atomic mass is 10.1. The molecule has 0 fully saturated rings. The standard InChI is InChI=1S/C11H10ClF2NO5/c1-2-19-10(16)7-3-6(5-12)4-8(20-11(13)14)9(7)15(17)18/h3-4,11H,2,5H2,1H3. The van der Waals surface area contributed by atoms with Gasteiger partial charge in [-0.1, -0.05) is 0 Å². The third-order valence-corrected chi connectivity index (χ3v) is 2.49. The smallest absolute Gasteiger partial charge is 0.387 e. The van der Waals surface area contributed by atoms with Gasteiger partial charge in [-0.25, -0.2) is 4.79 Å². The lowest BCUT2D eigenvalue weighted by Gasteiger charge is -2.10. The zero-order valence-corrected chi connectivity index (χ0v) is 11.0. The van der Waals surface area contributed by atoms with Crippen molar-refractivity contribution >= 4 is 23.3 Å². The van der Waals surface area contributed by atoms with Crippen LogP contribution in [-0.2, 0) is 10.6 Å². The summed E-state index contributed by atoms with van der Waals surface area (Å²) >= 11 is 5.56. The molecule has 0 saturated carbocycles. The molecule has 0 amide bonds. The molecule has 1 aromatic carbocycles. The average Bonchev–Trinajstić information content (AvgIpc) is 2.36. The summed E-state index contributed by atoms with van der Waals surface area (Å²) < 4.78 is 33.3. The van der Waals surface area contributed by atoms with E-state index in [-0.39, 0.29) is 18.1 Å². The van der Waals surface area contributed by atoms with Crippen LogP contribution in [0.1, 0.15) is 22.8 Å². The zero-order chi connectivity index (χ0) is 15.3. The highest BCUT2D eigenvalue weighted by Crippen LogP contribution is 2.34. The molecule has 0 bridgehead atoms. The Morgan fingerprint density at radius 2 is 2.15 bits per heavy atom. The van der Waals surface area contributed by atoms with Crippen LogP contribution in [0.4, 0.5) is 14.5 Å². The van der Waals surface area contributed by atoms with Crippen LogP contribution < -0.4 is 4.74 Å². The minimum absolute atomic E-state index is 0.0217. The zero-order valence-electron chi connectivity index (χ0n) is 10.3. The van der Waals surface area contributed by atoms with Gasteiger partial charge in [-0.15, -0.1) is 11.6 Å². The molecule has 110 valence electrons. The van der Waals surface area contributed by atoms with Crippen molar-refractivity contribution in [2.24, 2.45) is 0 Å². The summed E-state index contributed by atoms with van der Waals surface area (Å²) in [6.45, 7) is -1.79. The molecule has 0 aliphatic carbocycles. The van der Waals surface area contributed by atoms with Gasteiger partial charge in [-0.05, 0) is 24.6 Å². The third-order valence-electron chi connectivity index (χ3n) is 2.18. The number of carbonyl (C=O) groups excluding carboxylic acids is 1. The molecular formula is C11H10ClF2NO5. The summed E-state index contributed by atoms with van der Waals surface area (Å²) in [6, 6.07) is 2.10. The van der Waals surface area contributed by atoms with Gasteiger partial charge in [0.2, 0.25) is 5.75 Å². The van der Waals surface area contributed by atoms with Gasteiger partial charge in [0, 0.05) is 5.88 Å². The quantitative estimate of drug-likeness (QED) is 0.349. The first-order valence-electron chi connectivity index (χ1n) is 5.39. The van der Waals surface area contributed by atoms with E-state index < -0.39 is 34.5 Å². The lowest BCUT2D eigenvalue weighted by Crippen LogP contribution is -2.12. The van der Waals surface area contributed by atoms with Crippen LogP contribution in [0.3, 0.4) is 0 Å². The molecule has 0 aliphatic rings. The van der Waals surface area contributed by atoms with E-state index in [0.29, 0.717) is 0 Å². The van der Waals surface area contributed by atoms with Gasteiger partial charge in [-0.3, -0.25) is 10.1 Å². The van der Waals surface area contributed by atoms with E-state index in [1.807, 2.05) is 0 Å². The molecule has 0 radical (unpaired) electrons. The Morgan fingerprint density at radius 1 is 1.50 bits per heavy atom. The fourth-order valence-electron chi connectivity index (χ4n) is 1.48. The molecule has 0 spiro atoms. The summed E-state index contributed by atoms with van der Waals surface area (Å²) in [4.78, 5) is 21.7. The summed E-state index contributed by atoms with van der Waals surface area (Å²) in [5.41, 5.74) is -1.14. The molecular weight excluding hydrogens is 300 g/mol. The van der Waals surface area contributed by atoms with E-state index in [1.54, 1.807) is 0 Å². The first-order valence-corrected chi connectivity index (χ1v) is 5.93. The van der Waals surface area contributed by atoms with Crippen molar-refractivity contribution in [3.05, 3.63) is 33.4 Å². The number of ether oxygens (including phenoxy) is 2. The van der Waals surface area contributed by atoms with Crippen molar-refractivity contribution in [3.63, 3.8) is 0 Å². The highest BCUT2D eigenvalue weighted by molar-refractivity contribution is 6.17. The number of rotatable bonds is 6. The molecule has 0 aromatic heterocycles. The van der Waals surface area contributed by atoms with Crippen molar-refractivity contribution < 1.29 is 28.0 Å². The molecule has 0 saturated heterocycles. The van der Waals surface area contributed by atoms with Crippen LogP contribution in [0, 0.1) is 10.1 Å². The first kappa shape index (κ1) is 16.1. The van der Waals surface area contributed by atoms with Crippen molar-refractivity contribution in [2.45, 2.75) is 19.4 Å². The van der Waals surface area contributed by atoms with Crippen LogP contribution in [0.2, 0.25) is 0 Å². The first-order chi connectivity index (χ1) is 9.40. The molecule has 9 heteroatoms. The number of carbonyl (C=O) groups is 1. The van der Waals surface area contributed by atoms with E-state index in [4.69, 9.17) is 11.6 Å². The van der Waals surface area contributed by atoms with E-state index in [9.17, 15) is 23.7 Å². The number of nitro benzene ring substituents is 1. The number of esters is 1. The maximum Gasteiger partial charge on any atom is 0.387 e. The normalized spacial score (nSPS) is 10.4. The largest absolute Gasteiger partial charge is 0.462 e. The second kappa shape index (κ2) is 6.99. The fourth-order valence-corrected chi connectivity index (χ4v) is 1.63. The predicted octanol–water partition coefficient (Wildman–Crippen LogP) is 3.11. The van der Waals surface area contributed by atoms with E-state index in [2.05, 4.69) is 9.47 Å². The number of hydrogen-bond donors (Lipinski definition) is 0. The van der Waals surface area contributed by atoms with E-state index in [1.165, 1.54) is 6.92 Å². The number of nitro groups is 1. The predicted molar refractivity (Wildman–Crippen MR) is 65.2 cm³/mol. The summed E-state index contributed by atoms with van der Waals surface area (Å²) in [5.74, 6) is -1.87. The van der Waals surface area contributed by atoms with Gasteiger partial charge in [0.15, 0.2) is 0 Å². The van der Waals surface area contributed by atoms with Crippen LogP contribution in [0.25, 0.3) is 0 Å². The van der Waals surface area contributed by atoms with Crippen molar-refractivity contribution in [1.29, 1.82) is 0 Å². The van der Waals surface area contributed by atoms with Crippen LogP contribution >= 0.6 is 11.6 Å². The molecule has 1 rings (SSSR count). The lowest BCUT2D eigenvalue weighted by molar-refractivity contribution is -0.386. The summed E-state index contributed by atoms with van der Waals surface area (Å²) in [7, 11) is 0. The Labute approximate surface area is 117 Å². The molecule has 1 aromatic rings. The van der Waals surface area contributed by atoms with Crippen molar-refractivity contribution in [2.75, 3.05) is 6.61 Å². The number of hydrogen-bond acceptors (Lipinski definition) is 5. The van der Waals surface area contributed by atoms with Gasteiger partial charge in [0.25, 0.3) is 0 Å². The Kier molecular flexibility index (Phi) is 5.63. The number of nitrogens with zero attached hydrogens (tertiary/aromatic N) is 1. The van der Waals surface area contributed by atoms with Gasteiger partial charge in [0.1, 0.15) is 5.56 Å². The van der Waals surface area contributed by atoms with Gasteiger partial charge in [-0.2, -0.15) is 8.78 Å². The average molecular weight is 310 g/mol. The SMILES string of the molecule is CCOC(=O)c1cc(CCl)cc(OC(F)F)c1[N+](=O)[O-]. The molecule has 0 unspecified atom stereocenters. The molecule has 0 N–H and O–H groups in total. The van der Waals surface area contributed by atoms with Gasteiger partial charge >= 0.3 is 18.3 Å². The van der Waals surface area contributed by atoms with Gasteiger partial charge < -0.3 is 9.47 Å². The second-order valence-electron chi connectivity index (χ2n) is 3.48. The highest BCUT2D eigenvalue weighted by Gasteiger charge is 2.29. The molecule has 0 atom stereocenters. The van der Waals surface area contributed by atoms with Gasteiger partial charge in [0.05, 0.1) is 11.5 Å². The Bertz CT molecular complexity index is 524. The minimum atomic E-state index is -3.27. The van der Waals surface area contributed by atoms with Crippen molar-refractivity contribution in [3.8, 4) is 5.75 Å². The van der Waals surface area contributed by atoms with Crippen LogP contribution in [-0.4, -0.2) is 24.1 Å².